The van der Waals surface area contributed by atoms with Crippen molar-refractivity contribution in [1.29, 1.82) is 0 Å². The predicted octanol–water partition coefficient (Wildman–Crippen LogP) is 2.39. The van der Waals surface area contributed by atoms with Crippen molar-refractivity contribution in [3.8, 4) is 0 Å². The maximum absolute atomic E-state index is 5.19. The zero-order valence-corrected chi connectivity index (χ0v) is 20.0. The molecule has 0 aliphatic carbocycles. The summed E-state index contributed by atoms with van der Waals surface area (Å²) in [6.07, 6.45) is 6.21. The van der Waals surface area contributed by atoms with Crippen LogP contribution in [0.1, 0.15) is 46.0 Å². The van der Waals surface area contributed by atoms with Crippen LogP contribution < -0.4 is 10.6 Å². The van der Waals surface area contributed by atoms with Gasteiger partial charge in [0.05, 0.1) is 6.61 Å². The highest BCUT2D eigenvalue weighted by Crippen LogP contribution is 2.17. The van der Waals surface area contributed by atoms with Crippen LogP contribution in [0, 0.1) is 5.92 Å². The van der Waals surface area contributed by atoms with E-state index >= 15 is 0 Å². The Morgan fingerprint density at radius 3 is 2.22 bits per heavy atom. The summed E-state index contributed by atoms with van der Waals surface area (Å²) in [6.45, 7) is 14.2. The van der Waals surface area contributed by atoms with Crippen molar-refractivity contribution in [2.45, 2.75) is 52.0 Å². The van der Waals surface area contributed by atoms with Gasteiger partial charge in [-0.25, -0.2) is 0 Å². The highest BCUT2D eigenvalue weighted by atomic mass is 127. The average Bonchev–Trinajstić information content (AvgIpc) is 2.67. The molecule has 2 N–H and O–H groups in total. The fourth-order valence-electron chi connectivity index (χ4n) is 3.96. The van der Waals surface area contributed by atoms with E-state index in [1.165, 1.54) is 64.8 Å². The van der Waals surface area contributed by atoms with Crippen LogP contribution in [-0.4, -0.2) is 87.9 Å². The summed E-state index contributed by atoms with van der Waals surface area (Å²) in [6, 6.07) is 0.566. The van der Waals surface area contributed by atoms with Gasteiger partial charge in [-0.15, -0.1) is 24.0 Å². The van der Waals surface area contributed by atoms with Gasteiger partial charge in [0, 0.05) is 45.9 Å². The van der Waals surface area contributed by atoms with Crippen LogP contribution in [-0.2, 0) is 4.74 Å². The number of hydrogen-bond donors (Lipinski definition) is 2. The van der Waals surface area contributed by atoms with E-state index in [-0.39, 0.29) is 24.0 Å². The lowest BCUT2D eigenvalue weighted by Crippen LogP contribution is -2.49. The van der Waals surface area contributed by atoms with Crippen LogP contribution in [0.3, 0.4) is 0 Å². The first-order valence-electron chi connectivity index (χ1n) is 10.7. The van der Waals surface area contributed by atoms with Crippen molar-refractivity contribution in [3.63, 3.8) is 0 Å². The summed E-state index contributed by atoms with van der Waals surface area (Å²) >= 11 is 0. The number of aliphatic imine (C=N–C) groups is 1. The molecule has 2 fully saturated rings. The van der Waals surface area contributed by atoms with Crippen molar-refractivity contribution in [2.24, 2.45) is 10.9 Å². The van der Waals surface area contributed by atoms with Crippen LogP contribution in [0.15, 0.2) is 4.99 Å². The second-order valence-electron chi connectivity index (χ2n) is 7.76. The molecule has 2 rings (SSSR count). The maximum atomic E-state index is 5.19. The molecule has 0 spiro atoms. The number of ether oxygens (including phenoxy) is 1. The van der Waals surface area contributed by atoms with Gasteiger partial charge in [-0.3, -0.25) is 4.99 Å². The van der Waals surface area contributed by atoms with Gasteiger partial charge in [0.15, 0.2) is 5.96 Å². The molecule has 0 amide bonds. The van der Waals surface area contributed by atoms with E-state index in [1.54, 1.807) is 7.11 Å². The fraction of sp³-hybridized carbons (Fsp3) is 0.950. The summed E-state index contributed by atoms with van der Waals surface area (Å²) in [5.41, 5.74) is 0. The first-order valence-corrected chi connectivity index (χ1v) is 10.7. The highest BCUT2D eigenvalue weighted by molar-refractivity contribution is 14.0. The Hall–Kier alpha value is -0.120. The highest BCUT2D eigenvalue weighted by Gasteiger charge is 2.21. The lowest BCUT2D eigenvalue weighted by molar-refractivity contribution is 0.121. The number of rotatable bonds is 9. The van der Waals surface area contributed by atoms with Crippen LogP contribution in [0.25, 0.3) is 0 Å². The van der Waals surface area contributed by atoms with Crippen molar-refractivity contribution < 1.29 is 4.74 Å². The van der Waals surface area contributed by atoms with E-state index in [2.05, 4.69) is 34.3 Å². The number of guanidine groups is 1. The van der Waals surface area contributed by atoms with E-state index < -0.39 is 0 Å². The molecule has 0 aromatic rings. The fourth-order valence-corrected chi connectivity index (χ4v) is 3.96. The molecule has 6 nitrogen and oxygen atoms in total. The van der Waals surface area contributed by atoms with Crippen molar-refractivity contribution in [2.75, 3.05) is 66.1 Å². The zero-order chi connectivity index (χ0) is 18.6. The number of piperidine rings is 2. The Labute approximate surface area is 183 Å². The second kappa shape index (κ2) is 14.8. The minimum atomic E-state index is 0. The van der Waals surface area contributed by atoms with Crippen LogP contribution in [0.2, 0.25) is 0 Å². The Balaban J connectivity index is 0.00000364. The minimum Gasteiger partial charge on any atom is -0.383 e. The van der Waals surface area contributed by atoms with Gasteiger partial charge < -0.3 is 25.2 Å². The standard InChI is InChI=1S/C20H41N5O.HI/c1-4-10-24-13-8-19(9-14-24)23-20(21-5-2)22-17-18-6-11-25(12-7-18)15-16-26-3;/h18-19H,4-17H2,1-3H3,(H2,21,22,23);1H. The second-order valence-corrected chi connectivity index (χ2v) is 7.76. The molecule has 0 aromatic heterocycles. The van der Waals surface area contributed by atoms with E-state index in [0.717, 1.165) is 38.1 Å². The molecular formula is C20H42IN5O. The molecule has 2 heterocycles. The summed E-state index contributed by atoms with van der Waals surface area (Å²) in [4.78, 5) is 10.0. The Morgan fingerprint density at radius 2 is 1.63 bits per heavy atom. The third kappa shape index (κ3) is 9.76. The van der Waals surface area contributed by atoms with Gasteiger partial charge in [-0.05, 0) is 64.6 Å². The van der Waals surface area contributed by atoms with Crippen LogP contribution >= 0.6 is 24.0 Å². The third-order valence-corrected chi connectivity index (χ3v) is 5.64. The number of nitrogens with one attached hydrogen (secondary N) is 2. The summed E-state index contributed by atoms with van der Waals surface area (Å²) in [7, 11) is 1.78. The molecule has 2 aliphatic heterocycles. The van der Waals surface area contributed by atoms with Crippen molar-refractivity contribution >= 4 is 29.9 Å². The predicted molar refractivity (Wildman–Crippen MR) is 125 cm³/mol. The first kappa shape index (κ1) is 24.9. The van der Waals surface area contributed by atoms with Gasteiger partial charge in [0.1, 0.15) is 0 Å². The zero-order valence-electron chi connectivity index (χ0n) is 17.7. The Morgan fingerprint density at radius 1 is 1.00 bits per heavy atom. The molecule has 2 aliphatic rings. The van der Waals surface area contributed by atoms with E-state index in [0.29, 0.717) is 6.04 Å². The maximum Gasteiger partial charge on any atom is 0.191 e. The molecule has 160 valence electrons. The van der Waals surface area contributed by atoms with Crippen molar-refractivity contribution in [3.05, 3.63) is 0 Å². The van der Waals surface area contributed by atoms with Gasteiger partial charge in [0.25, 0.3) is 0 Å². The topological polar surface area (TPSA) is 52.1 Å². The largest absolute Gasteiger partial charge is 0.383 e. The lowest BCUT2D eigenvalue weighted by Gasteiger charge is -2.33. The van der Waals surface area contributed by atoms with Gasteiger partial charge in [-0.2, -0.15) is 0 Å². The van der Waals surface area contributed by atoms with Gasteiger partial charge >= 0.3 is 0 Å². The molecule has 0 atom stereocenters. The summed E-state index contributed by atoms with van der Waals surface area (Å²) < 4.78 is 5.19. The molecular weight excluding hydrogens is 453 g/mol. The Kier molecular flexibility index (Phi) is 13.7. The molecule has 0 bridgehead atoms. The van der Waals surface area contributed by atoms with E-state index in [9.17, 15) is 0 Å². The number of methoxy groups -OCH3 is 1. The van der Waals surface area contributed by atoms with Gasteiger partial charge in [0.2, 0.25) is 0 Å². The van der Waals surface area contributed by atoms with Crippen LogP contribution in [0.4, 0.5) is 0 Å². The number of hydrogen-bond acceptors (Lipinski definition) is 4. The summed E-state index contributed by atoms with van der Waals surface area (Å²) in [5.74, 6) is 1.74. The molecule has 27 heavy (non-hydrogen) atoms. The molecule has 7 heteroatoms. The summed E-state index contributed by atoms with van der Waals surface area (Å²) in [5, 5.41) is 7.12. The minimum absolute atomic E-state index is 0. The average molecular weight is 495 g/mol. The van der Waals surface area contributed by atoms with E-state index in [4.69, 9.17) is 9.73 Å². The monoisotopic (exact) mass is 495 g/mol. The molecule has 0 aromatic carbocycles. The first-order chi connectivity index (χ1) is 12.7. The third-order valence-electron chi connectivity index (χ3n) is 5.64. The SMILES string of the molecule is CCCN1CCC(NC(=NCC2CCN(CCOC)CC2)NCC)CC1.I. The molecule has 2 saturated heterocycles. The quantitative estimate of drug-likeness (QED) is 0.292. The van der Waals surface area contributed by atoms with E-state index in [1.807, 2.05) is 0 Å². The number of likely N-dealkylation sites (tertiary alicyclic amines) is 2. The normalized spacial score (nSPS) is 21.1. The lowest BCUT2D eigenvalue weighted by atomic mass is 9.97. The molecule has 0 unspecified atom stereocenters. The Bertz CT molecular complexity index is 394. The molecule has 0 radical (unpaired) electrons. The van der Waals surface area contributed by atoms with Gasteiger partial charge in [-0.1, -0.05) is 6.92 Å². The van der Waals surface area contributed by atoms with Crippen molar-refractivity contribution in [1.82, 2.24) is 20.4 Å². The van der Waals surface area contributed by atoms with Crippen LogP contribution in [0.5, 0.6) is 0 Å². The molecule has 0 saturated carbocycles. The number of halogens is 1. The number of nitrogens with zero attached hydrogens (tertiary/aromatic N) is 3. The smallest absolute Gasteiger partial charge is 0.191 e.